The fourth-order valence-corrected chi connectivity index (χ4v) is 1.27. The molecule has 3 heteroatoms. The lowest BCUT2D eigenvalue weighted by Crippen LogP contribution is -2.19. The largest absolute Gasteiger partial charge is 0.397 e. The maximum atomic E-state index is 11.6. The number of amides is 1. The third-order valence-corrected chi connectivity index (χ3v) is 2.54. The minimum Gasteiger partial charge on any atom is -0.397 e. The Morgan fingerprint density at radius 1 is 1.33 bits per heavy atom. The molecule has 0 aromatic heterocycles. The Morgan fingerprint density at radius 3 is 2.47 bits per heavy atom. The number of aryl methyl sites for hydroxylation is 1. The minimum absolute atomic E-state index is 0.00426. The fraction of sp³-hybridized carbons (Fsp3) is 0.417. The number of carbonyl (C=O) groups excluding carboxylic acids is 1. The molecule has 0 atom stereocenters. The van der Waals surface area contributed by atoms with Gasteiger partial charge in [0.25, 0.3) is 0 Å². The number of benzene rings is 1. The molecule has 1 aromatic rings. The van der Waals surface area contributed by atoms with Gasteiger partial charge in [0, 0.05) is 5.92 Å². The molecule has 0 heterocycles. The maximum Gasteiger partial charge on any atom is 0.226 e. The average molecular weight is 206 g/mol. The van der Waals surface area contributed by atoms with Gasteiger partial charge in [-0.05, 0) is 31.0 Å². The smallest absolute Gasteiger partial charge is 0.226 e. The highest BCUT2D eigenvalue weighted by molar-refractivity contribution is 5.96. The van der Waals surface area contributed by atoms with E-state index in [0.29, 0.717) is 5.69 Å². The number of carbonyl (C=O) groups is 1. The Bertz CT molecular complexity index is 383. The van der Waals surface area contributed by atoms with Crippen molar-refractivity contribution in [3.63, 3.8) is 0 Å². The van der Waals surface area contributed by atoms with E-state index in [1.165, 1.54) is 0 Å². The van der Waals surface area contributed by atoms with Crippen molar-refractivity contribution in [3.05, 3.63) is 23.3 Å². The molecular formula is C12H18N2O. The second-order valence-electron chi connectivity index (χ2n) is 4.12. The van der Waals surface area contributed by atoms with E-state index in [2.05, 4.69) is 5.32 Å². The summed E-state index contributed by atoms with van der Waals surface area (Å²) >= 11 is 0. The van der Waals surface area contributed by atoms with Crippen molar-refractivity contribution in [1.82, 2.24) is 0 Å². The molecule has 0 aliphatic heterocycles. The van der Waals surface area contributed by atoms with Gasteiger partial charge in [-0.2, -0.15) is 0 Å². The molecule has 3 N–H and O–H groups in total. The zero-order valence-corrected chi connectivity index (χ0v) is 9.72. The van der Waals surface area contributed by atoms with Crippen LogP contribution < -0.4 is 11.1 Å². The highest BCUT2D eigenvalue weighted by Crippen LogP contribution is 2.26. The lowest BCUT2D eigenvalue weighted by Gasteiger charge is -2.14. The van der Waals surface area contributed by atoms with Crippen LogP contribution in [0.5, 0.6) is 0 Å². The van der Waals surface area contributed by atoms with Crippen molar-refractivity contribution in [2.24, 2.45) is 5.92 Å². The van der Waals surface area contributed by atoms with Gasteiger partial charge in [-0.15, -0.1) is 0 Å². The molecule has 15 heavy (non-hydrogen) atoms. The van der Waals surface area contributed by atoms with E-state index in [0.717, 1.165) is 16.8 Å². The van der Waals surface area contributed by atoms with E-state index in [1.54, 1.807) is 0 Å². The van der Waals surface area contributed by atoms with Crippen molar-refractivity contribution >= 4 is 17.3 Å². The SMILES string of the molecule is Cc1ccc(N)c(NC(=O)C(C)C)c1C. The Hall–Kier alpha value is -1.51. The topological polar surface area (TPSA) is 55.1 Å². The van der Waals surface area contributed by atoms with Crippen LogP contribution in [0.3, 0.4) is 0 Å². The first-order valence-electron chi connectivity index (χ1n) is 5.10. The zero-order valence-electron chi connectivity index (χ0n) is 9.72. The van der Waals surface area contributed by atoms with Gasteiger partial charge in [-0.25, -0.2) is 0 Å². The highest BCUT2D eigenvalue weighted by atomic mass is 16.1. The quantitative estimate of drug-likeness (QED) is 0.730. The third kappa shape index (κ3) is 2.49. The molecule has 82 valence electrons. The second kappa shape index (κ2) is 4.34. The zero-order chi connectivity index (χ0) is 11.6. The van der Waals surface area contributed by atoms with Crippen molar-refractivity contribution in [2.45, 2.75) is 27.7 Å². The molecule has 0 bridgehead atoms. The van der Waals surface area contributed by atoms with Crippen LogP contribution in [0.25, 0.3) is 0 Å². The highest BCUT2D eigenvalue weighted by Gasteiger charge is 2.11. The lowest BCUT2D eigenvalue weighted by atomic mass is 10.1. The molecule has 1 amide bonds. The molecular weight excluding hydrogens is 188 g/mol. The van der Waals surface area contributed by atoms with E-state index in [9.17, 15) is 4.79 Å². The van der Waals surface area contributed by atoms with Crippen LogP contribution in [-0.4, -0.2) is 5.91 Å². The first-order valence-corrected chi connectivity index (χ1v) is 5.10. The third-order valence-electron chi connectivity index (χ3n) is 2.54. The number of anilines is 2. The average Bonchev–Trinajstić information content (AvgIpc) is 2.18. The van der Waals surface area contributed by atoms with Crippen LogP contribution in [0, 0.1) is 19.8 Å². The van der Waals surface area contributed by atoms with E-state index in [-0.39, 0.29) is 11.8 Å². The second-order valence-corrected chi connectivity index (χ2v) is 4.12. The van der Waals surface area contributed by atoms with Gasteiger partial charge in [-0.1, -0.05) is 19.9 Å². The first-order chi connectivity index (χ1) is 6.93. The molecule has 0 aliphatic carbocycles. The van der Waals surface area contributed by atoms with Gasteiger partial charge in [0.05, 0.1) is 11.4 Å². The van der Waals surface area contributed by atoms with Crippen LogP contribution in [0.1, 0.15) is 25.0 Å². The van der Waals surface area contributed by atoms with Crippen molar-refractivity contribution in [2.75, 3.05) is 11.1 Å². The normalized spacial score (nSPS) is 10.5. The van der Waals surface area contributed by atoms with Gasteiger partial charge in [0.15, 0.2) is 0 Å². The van der Waals surface area contributed by atoms with Crippen LogP contribution in [0.2, 0.25) is 0 Å². The van der Waals surface area contributed by atoms with Gasteiger partial charge < -0.3 is 11.1 Å². The van der Waals surface area contributed by atoms with E-state index in [4.69, 9.17) is 5.73 Å². The summed E-state index contributed by atoms with van der Waals surface area (Å²) in [7, 11) is 0. The minimum atomic E-state index is -0.0377. The summed E-state index contributed by atoms with van der Waals surface area (Å²) in [5, 5.41) is 2.85. The fourth-order valence-electron chi connectivity index (χ4n) is 1.27. The predicted molar refractivity (Wildman–Crippen MR) is 63.8 cm³/mol. The van der Waals surface area contributed by atoms with Crippen molar-refractivity contribution in [3.8, 4) is 0 Å². The summed E-state index contributed by atoms with van der Waals surface area (Å²) in [4.78, 5) is 11.6. The number of nitrogens with two attached hydrogens (primary N) is 1. The molecule has 1 rings (SSSR count). The van der Waals surface area contributed by atoms with Gasteiger partial charge in [-0.3, -0.25) is 4.79 Å². The van der Waals surface area contributed by atoms with Crippen LogP contribution in [0.15, 0.2) is 12.1 Å². The molecule has 0 aliphatic rings. The van der Waals surface area contributed by atoms with Crippen molar-refractivity contribution < 1.29 is 4.79 Å². The van der Waals surface area contributed by atoms with Crippen LogP contribution >= 0.6 is 0 Å². The molecule has 0 fully saturated rings. The van der Waals surface area contributed by atoms with Crippen LogP contribution in [0.4, 0.5) is 11.4 Å². The predicted octanol–water partition coefficient (Wildman–Crippen LogP) is 2.48. The van der Waals surface area contributed by atoms with Gasteiger partial charge in [0.1, 0.15) is 0 Å². The Morgan fingerprint density at radius 2 is 1.93 bits per heavy atom. The van der Waals surface area contributed by atoms with E-state index >= 15 is 0 Å². The Kier molecular flexibility index (Phi) is 3.35. The van der Waals surface area contributed by atoms with E-state index < -0.39 is 0 Å². The summed E-state index contributed by atoms with van der Waals surface area (Å²) < 4.78 is 0. The lowest BCUT2D eigenvalue weighted by molar-refractivity contribution is -0.118. The monoisotopic (exact) mass is 206 g/mol. The van der Waals surface area contributed by atoms with E-state index in [1.807, 2.05) is 39.8 Å². The summed E-state index contributed by atoms with van der Waals surface area (Å²) in [5.41, 5.74) is 9.35. The standard InChI is InChI=1S/C12H18N2O/c1-7(2)12(15)14-11-9(4)8(3)5-6-10(11)13/h5-7H,13H2,1-4H3,(H,14,15). The Labute approximate surface area is 90.7 Å². The Balaban J connectivity index is 3.04. The first kappa shape index (κ1) is 11.6. The van der Waals surface area contributed by atoms with Gasteiger partial charge >= 0.3 is 0 Å². The molecule has 0 spiro atoms. The van der Waals surface area contributed by atoms with Gasteiger partial charge in [0.2, 0.25) is 5.91 Å². The summed E-state index contributed by atoms with van der Waals surface area (Å²) in [6, 6.07) is 3.77. The molecule has 0 radical (unpaired) electrons. The molecule has 0 saturated carbocycles. The maximum absolute atomic E-state index is 11.6. The number of nitrogen functional groups attached to an aromatic ring is 1. The number of rotatable bonds is 2. The summed E-state index contributed by atoms with van der Waals surface area (Å²) in [6.45, 7) is 7.68. The summed E-state index contributed by atoms with van der Waals surface area (Å²) in [5.74, 6) is -0.0419. The number of hydrogen-bond donors (Lipinski definition) is 2. The molecule has 0 saturated heterocycles. The molecule has 0 unspecified atom stereocenters. The van der Waals surface area contributed by atoms with Crippen LogP contribution in [-0.2, 0) is 4.79 Å². The number of nitrogens with one attached hydrogen (secondary N) is 1. The molecule has 1 aromatic carbocycles. The van der Waals surface area contributed by atoms with Crippen molar-refractivity contribution in [1.29, 1.82) is 0 Å². The molecule has 3 nitrogen and oxygen atoms in total. The number of hydrogen-bond acceptors (Lipinski definition) is 2. The summed E-state index contributed by atoms with van der Waals surface area (Å²) in [6.07, 6.45) is 0.